The minimum Gasteiger partial charge on any atom is -0.461 e. The summed E-state index contributed by atoms with van der Waals surface area (Å²) in [5.74, 6) is -0.496. The summed E-state index contributed by atoms with van der Waals surface area (Å²) in [6.07, 6.45) is 0. The molecule has 0 aliphatic carbocycles. The van der Waals surface area contributed by atoms with Gasteiger partial charge in [0.25, 0.3) is 0 Å². The maximum Gasteiger partial charge on any atom is 0.356 e. The molecule has 1 aromatic heterocycles. The van der Waals surface area contributed by atoms with E-state index in [9.17, 15) is 9.59 Å². The Hall–Kier alpha value is -1.88. The zero-order valence-corrected chi connectivity index (χ0v) is 10.0. The van der Waals surface area contributed by atoms with Crippen LogP contribution in [0.25, 0.3) is 10.4 Å². The van der Waals surface area contributed by atoms with Gasteiger partial charge in [0.1, 0.15) is 5.69 Å². The van der Waals surface area contributed by atoms with Gasteiger partial charge < -0.3 is 9.72 Å². The van der Waals surface area contributed by atoms with Crippen molar-refractivity contribution in [2.24, 2.45) is 0 Å². The van der Waals surface area contributed by atoms with Gasteiger partial charge in [-0.2, -0.15) is 0 Å². The van der Waals surface area contributed by atoms with Crippen molar-refractivity contribution in [2.75, 3.05) is 6.61 Å². The van der Waals surface area contributed by atoms with Gasteiger partial charge in [0.15, 0.2) is 0 Å². The van der Waals surface area contributed by atoms with E-state index in [0.717, 1.165) is 16.9 Å². The molecule has 88 valence electrons. The molecule has 0 aliphatic rings. The number of aromatic amines is 1. The molecule has 1 N–H and O–H groups in total. The van der Waals surface area contributed by atoms with Crippen molar-refractivity contribution in [2.45, 2.75) is 6.92 Å². The van der Waals surface area contributed by atoms with Crippen molar-refractivity contribution < 1.29 is 9.53 Å². The second-order valence-corrected chi connectivity index (χ2v) is 4.29. The number of nitrogens with one attached hydrogen (secondary N) is 1. The van der Waals surface area contributed by atoms with Crippen LogP contribution in [0.2, 0.25) is 0 Å². The Kier molecular flexibility index (Phi) is 3.39. The van der Waals surface area contributed by atoms with Gasteiger partial charge in [-0.1, -0.05) is 41.7 Å². The first-order chi connectivity index (χ1) is 8.22. The summed E-state index contributed by atoms with van der Waals surface area (Å²) < 4.78 is 4.90. The first-order valence-corrected chi connectivity index (χ1v) is 5.99. The molecule has 0 spiro atoms. The molecule has 4 nitrogen and oxygen atoms in total. The van der Waals surface area contributed by atoms with E-state index in [-0.39, 0.29) is 17.2 Å². The van der Waals surface area contributed by atoms with Crippen molar-refractivity contribution in [3.05, 3.63) is 45.7 Å². The molecule has 2 aromatic rings. The average Bonchev–Trinajstić information content (AvgIpc) is 2.73. The molecule has 0 radical (unpaired) electrons. The lowest BCUT2D eigenvalue weighted by Crippen LogP contribution is -2.08. The molecular weight excluding hydrogens is 238 g/mol. The predicted molar refractivity (Wildman–Crippen MR) is 66.3 cm³/mol. The molecule has 0 unspecified atom stereocenters. The summed E-state index contributed by atoms with van der Waals surface area (Å²) in [7, 11) is 0. The topological polar surface area (TPSA) is 59.2 Å². The Labute approximate surface area is 102 Å². The van der Waals surface area contributed by atoms with Crippen LogP contribution in [0, 0.1) is 0 Å². The molecule has 0 bridgehead atoms. The van der Waals surface area contributed by atoms with Gasteiger partial charge in [-0.15, -0.1) is 0 Å². The lowest BCUT2D eigenvalue weighted by atomic mass is 10.1. The van der Waals surface area contributed by atoms with Crippen molar-refractivity contribution in [3.63, 3.8) is 0 Å². The molecule has 5 heteroatoms. The smallest absolute Gasteiger partial charge is 0.356 e. The number of benzene rings is 1. The van der Waals surface area contributed by atoms with Gasteiger partial charge in [0.05, 0.1) is 11.5 Å². The summed E-state index contributed by atoms with van der Waals surface area (Å²) in [6, 6.07) is 9.29. The number of ether oxygens (including phenoxy) is 1. The highest BCUT2D eigenvalue weighted by Crippen LogP contribution is 2.25. The minimum absolute atomic E-state index is 0.230. The molecule has 17 heavy (non-hydrogen) atoms. The molecule has 1 heterocycles. The maximum absolute atomic E-state index is 11.7. The Morgan fingerprint density at radius 1 is 1.35 bits per heavy atom. The SMILES string of the molecule is CCOC(=O)c1[nH]c(=O)sc1-c1ccccc1. The zero-order chi connectivity index (χ0) is 12.3. The number of thiazole rings is 1. The number of carbonyl (C=O) groups excluding carboxylic acids is 1. The number of hydrogen-bond donors (Lipinski definition) is 1. The third-order valence-corrected chi connectivity index (χ3v) is 3.10. The first kappa shape index (κ1) is 11.6. The maximum atomic E-state index is 11.7. The van der Waals surface area contributed by atoms with Crippen LogP contribution < -0.4 is 4.87 Å². The van der Waals surface area contributed by atoms with Crippen molar-refractivity contribution >= 4 is 17.3 Å². The second-order valence-electron chi connectivity index (χ2n) is 3.31. The number of hydrogen-bond acceptors (Lipinski definition) is 4. The molecule has 2 rings (SSSR count). The summed E-state index contributed by atoms with van der Waals surface area (Å²) >= 11 is 1.01. The number of carbonyl (C=O) groups is 1. The van der Waals surface area contributed by atoms with Crippen LogP contribution >= 0.6 is 11.3 Å². The lowest BCUT2D eigenvalue weighted by molar-refractivity contribution is 0.0521. The number of aromatic nitrogens is 1. The Morgan fingerprint density at radius 3 is 2.71 bits per heavy atom. The van der Waals surface area contributed by atoms with E-state index in [0.29, 0.717) is 4.88 Å². The Bertz CT molecular complexity index is 571. The van der Waals surface area contributed by atoms with Gasteiger partial charge in [-0.25, -0.2) is 4.79 Å². The fourth-order valence-corrected chi connectivity index (χ4v) is 2.30. The summed E-state index contributed by atoms with van der Waals surface area (Å²) in [4.78, 5) is 25.9. The van der Waals surface area contributed by atoms with E-state index in [1.165, 1.54) is 0 Å². The highest BCUT2D eigenvalue weighted by Gasteiger charge is 2.17. The van der Waals surface area contributed by atoms with E-state index in [1.54, 1.807) is 6.92 Å². The van der Waals surface area contributed by atoms with Gasteiger partial charge in [-0.05, 0) is 12.5 Å². The summed E-state index contributed by atoms with van der Waals surface area (Å²) in [6.45, 7) is 2.01. The lowest BCUT2D eigenvalue weighted by Gasteiger charge is -2.02. The van der Waals surface area contributed by atoms with Crippen molar-refractivity contribution in [3.8, 4) is 10.4 Å². The van der Waals surface area contributed by atoms with Gasteiger partial charge >= 0.3 is 10.8 Å². The standard InChI is InChI=1S/C12H11NO3S/c1-2-16-11(14)9-10(17-12(15)13-9)8-6-4-3-5-7-8/h3-7H,2H2,1H3,(H,13,15). The number of H-pyrrole nitrogens is 1. The van der Waals surface area contributed by atoms with Crippen LogP contribution in [-0.4, -0.2) is 17.6 Å². The van der Waals surface area contributed by atoms with Gasteiger partial charge in [0, 0.05) is 0 Å². The van der Waals surface area contributed by atoms with Crippen LogP contribution in [0.4, 0.5) is 0 Å². The van der Waals surface area contributed by atoms with Gasteiger partial charge in [-0.3, -0.25) is 4.79 Å². The van der Waals surface area contributed by atoms with Crippen LogP contribution in [0.3, 0.4) is 0 Å². The van der Waals surface area contributed by atoms with E-state index in [1.807, 2.05) is 30.3 Å². The summed E-state index contributed by atoms with van der Waals surface area (Å²) in [5.41, 5.74) is 1.06. The first-order valence-electron chi connectivity index (χ1n) is 5.18. The second kappa shape index (κ2) is 4.97. The van der Waals surface area contributed by atoms with Gasteiger partial charge in [0.2, 0.25) is 0 Å². The molecular formula is C12H11NO3S. The molecule has 0 aliphatic heterocycles. The fourth-order valence-electron chi connectivity index (χ4n) is 1.47. The molecule has 1 aromatic carbocycles. The molecule has 0 atom stereocenters. The van der Waals surface area contributed by atoms with Crippen LogP contribution in [0.1, 0.15) is 17.4 Å². The van der Waals surface area contributed by atoms with Crippen molar-refractivity contribution in [1.29, 1.82) is 0 Å². The largest absolute Gasteiger partial charge is 0.461 e. The highest BCUT2D eigenvalue weighted by atomic mass is 32.1. The normalized spacial score (nSPS) is 10.2. The monoisotopic (exact) mass is 249 g/mol. The Morgan fingerprint density at radius 2 is 2.06 bits per heavy atom. The van der Waals surface area contributed by atoms with E-state index < -0.39 is 5.97 Å². The third kappa shape index (κ3) is 2.45. The summed E-state index contributed by atoms with van der Waals surface area (Å²) in [5, 5.41) is 0. The minimum atomic E-state index is -0.496. The van der Waals surface area contributed by atoms with Crippen LogP contribution in [0.5, 0.6) is 0 Å². The molecule has 0 fully saturated rings. The molecule has 0 amide bonds. The fraction of sp³-hybridized carbons (Fsp3) is 0.167. The highest BCUT2D eigenvalue weighted by molar-refractivity contribution is 7.13. The van der Waals surface area contributed by atoms with E-state index in [2.05, 4.69) is 4.98 Å². The Balaban J connectivity index is 2.48. The average molecular weight is 249 g/mol. The molecule has 0 saturated heterocycles. The van der Waals surface area contributed by atoms with E-state index in [4.69, 9.17) is 4.74 Å². The van der Waals surface area contributed by atoms with E-state index >= 15 is 0 Å². The predicted octanol–water partition coefficient (Wildman–Crippen LogP) is 2.28. The quantitative estimate of drug-likeness (QED) is 0.849. The van der Waals surface area contributed by atoms with Crippen LogP contribution in [-0.2, 0) is 4.74 Å². The molecule has 0 saturated carbocycles. The van der Waals surface area contributed by atoms with Crippen LogP contribution in [0.15, 0.2) is 35.1 Å². The number of esters is 1. The van der Waals surface area contributed by atoms with Crippen molar-refractivity contribution in [1.82, 2.24) is 4.98 Å². The zero-order valence-electron chi connectivity index (χ0n) is 9.23. The third-order valence-electron chi connectivity index (χ3n) is 2.16. The number of rotatable bonds is 3.